The maximum absolute atomic E-state index is 13.1. The van der Waals surface area contributed by atoms with Gasteiger partial charge in [0, 0.05) is 11.8 Å². The molecule has 2 aromatic rings. The molecule has 2 aromatic carbocycles. The maximum atomic E-state index is 13.1. The van der Waals surface area contributed by atoms with Crippen LogP contribution in [0.25, 0.3) is 0 Å². The van der Waals surface area contributed by atoms with Crippen molar-refractivity contribution in [2.24, 2.45) is 0 Å². The third kappa shape index (κ3) is 6.46. The Kier molecular flexibility index (Phi) is 7.52. The maximum Gasteiger partial charge on any atom is 0.416 e. The molecule has 37 heavy (non-hydrogen) atoms. The molecule has 0 unspecified atom stereocenters. The highest BCUT2D eigenvalue weighted by Crippen LogP contribution is 2.37. The van der Waals surface area contributed by atoms with Crippen molar-refractivity contribution in [3.05, 3.63) is 59.2 Å². The zero-order chi connectivity index (χ0) is 28.0. The summed E-state index contributed by atoms with van der Waals surface area (Å²) in [5.41, 5.74) is -3.86. The summed E-state index contributed by atoms with van der Waals surface area (Å²) in [6, 6.07) is 5.15. The lowest BCUT2D eigenvalue weighted by Crippen LogP contribution is -2.50. The van der Waals surface area contributed by atoms with E-state index in [1.807, 2.05) is 0 Å². The molecule has 1 aliphatic carbocycles. The number of hydrogen-bond donors (Lipinski definition) is 1. The molecule has 0 aromatic heterocycles. The molecule has 1 aliphatic rings. The summed E-state index contributed by atoms with van der Waals surface area (Å²) in [7, 11) is -8.33. The summed E-state index contributed by atoms with van der Waals surface area (Å²) in [5, 5.41) is 1.58. The number of halogens is 6. The van der Waals surface area contributed by atoms with Crippen molar-refractivity contribution in [2.75, 3.05) is 6.26 Å². The minimum atomic E-state index is -4.83. The highest BCUT2D eigenvalue weighted by molar-refractivity contribution is 7.92. The van der Waals surface area contributed by atoms with Crippen LogP contribution in [0.3, 0.4) is 0 Å². The molecule has 1 N–H and O–H groups in total. The van der Waals surface area contributed by atoms with E-state index in [0.29, 0.717) is 24.5 Å². The summed E-state index contributed by atoms with van der Waals surface area (Å²) >= 11 is 0. The van der Waals surface area contributed by atoms with E-state index in [4.69, 9.17) is 0 Å². The third-order valence-corrected chi connectivity index (χ3v) is 9.73. The van der Waals surface area contributed by atoms with Crippen LogP contribution in [0, 0.1) is 0 Å². The van der Waals surface area contributed by atoms with E-state index in [-0.39, 0.29) is 25.7 Å². The highest BCUT2D eigenvalue weighted by atomic mass is 32.2. The Bertz CT molecular complexity index is 1410. The zero-order valence-corrected chi connectivity index (χ0v) is 21.2. The minimum absolute atomic E-state index is 0.0126. The molecule has 1 amide bonds. The van der Waals surface area contributed by atoms with Crippen LogP contribution in [0.15, 0.2) is 52.3 Å². The standard InChI is InChI=1S/C23H23F6NO5S2/c1-21(30-20(31)18-7-6-15(23(27,28)29)13-19(18)36(2,32)33)10-8-16(9-11-21)37(34,35)17-5-3-4-14(12-17)22(24,25)26/h3-7,12-13,16H,8-11H2,1-2H3,(H,30,31). The number of nitrogens with one attached hydrogen (secondary N) is 1. The average molecular weight is 572 g/mol. The number of carbonyl (C=O) groups is 1. The first-order chi connectivity index (χ1) is 16.7. The van der Waals surface area contributed by atoms with Gasteiger partial charge in [-0.25, -0.2) is 16.8 Å². The quantitative estimate of drug-likeness (QED) is 0.508. The fourth-order valence-electron chi connectivity index (χ4n) is 4.24. The van der Waals surface area contributed by atoms with Crippen molar-refractivity contribution in [2.45, 2.75) is 65.5 Å². The van der Waals surface area contributed by atoms with Gasteiger partial charge in [0.2, 0.25) is 0 Å². The molecule has 0 spiro atoms. The first-order valence-corrected chi connectivity index (χ1v) is 14.3. The second-order valence-electron chi connectivity index (χ2n) is 9.27. The van der Waals surface area contributed by atoms with Gasteiger partial charge in [0.15, 0.2) is 19.7 Å². The Morgan fingerprint density at radius 2 is 1.43 bits per heavy atom. The van der Waals surface area contributed by atoms with Gasteiger partial charge in [-0.05, 0) is 69.0 Å². The molecule has 3 rings (SSSR count). The highest BCUT2D eigenvalue weighted by Gasteiger charge is 2.40. The predicted molar refractivity (Wildman–Crippen MR) is 121 cm³/mol. The summed E-state index contributed by atoms with van der Waals surface area (Å²) in [6.45, 7) is 1.57. The zero-order valence-electron chi connectivity index (χ0n) is 19.6. The first kappa shape index (κ1) is 29.0. The number of benzene rings is 2. The van der Waals surface area contributed by atoms with Crippen molar-refractivity contribution >= 4 is 25.6 Å². The number of sulfone groups is 2. The molecular weight excluding hydrogens is 548 g/mol. The first-order valence-electron chi connectivity index (χ1n) is 10.9. The van der Waals surface area contributed by atoms with Crippen LogP contribution in [0.5, 0.6) is 0 Å². The second-order valence-corrected chi connectivity index (χ2v) is 13.5. The molecule has 204 valence electrons. The Labute approximate surface area is 209 Å². The van der Waals surface area contributed by atoms with Crippen molar-refractivity contribution < 1.29 is 48.0 Å². The van der Waals surface area contributed by atoms with Crippen molar-refractivity contribution in [1.29, 1.82) is 0 Å². The molecule has 0 radical (unpaired) electrons. The van der Waals surface area contributed by atoms with Crippen LogP contribution in [-0.2, 0) is 32.0 Å². The van der Waals surface area contributed by atoms with Crippen LogP contribution >= 0.6 is 0 Å². The van der Waals surface area contributed by atoms with Crippen molar-refractivity contribution in [3.8, 4) is 0 Å². The third-order valence-electron chi connectivity index (χ3n) is 6.33. The number of carbonyl (C=O) groups excluding carboxylic acids is 1. The molecule has 1 saturated carbocycles. The van der Waals surface area contributed by atoms with E-state index >= 15 is 0 Å². The van der Waals surface area contributed by atoms with E-state index in [0.717, 1.165) is 24.3 Å². The monoisotopic (exact) mass is 571 g/mol. The van der Waals surface area contributed by atoms with Gasteiger partial charge in [0.1, 0.15) is 0 Å². The summed E-state index contributed by atoms with van der Waals surface area (Å²) < 4.78 is 128. The van der Waals surface area contributed by atoms with E-state index in [9.17, 15) is 48.0 Å². The molecule has 0 aliphatic heterocycles. The topological polar surface area (TPSA) is 97.4 Å². The minimum Gasteiger partial charge on any atom is -0.347 e. The lowest BCUT2D eigenvalue weighted by atomic mass is 9.83. The van der Waals surface area contributed by atoms with Crippen molar-refractivity contribution in [3.63, 3.8) is 0 Å². The Hall–Kier alpha value is -2.61. The van der Waals surface area contributed by atoms with Gasteiger partial charge in [-0.3, -0.25) is 4.79 Å². The molecule has 0 heterocycles. The van der Waals surface area contributed by atoms with Crippen molar-refractivity contribution in [1.82, 2.24) is 5.32 Å². The Balaban J connectivity index is 1.79. The number of rotatable bonds is 5. The SMILES string of the molecule is CC1(NC(=O)c2ccc(C(F)(F)F)cc2S(C)(=O)=O)CCC(S(=O)(=O)c2cccc(C(F)(F)F)c2)CC1. The van der Waals surface area contributed by atoms with Gasteiger partial charge in [0.05, 0.1) is 31.7 Å². The Morgan fingerprint density at radius 3 is 1.95 bits per heavy atom. The normalized spacial score (nSPS) is 21.5. The fraction of sp³-hybridized carbons (Fsp3) is 0.435. The summed E-state index contributed by atoms with van der Waals surface area (Å²) in [6.07, 6.45) is -8.74. The predicted octanol–water partition coefficient (Wildman–Crippen LogP) is 5.03. The molecule has 0 saturated heterocycles. The summed E-state index contributed by atoms with van der Waals surface area (Å²) in [5.74, 6) is -0.948. The average Bonchev–Trinajstić information content (AvgIpc) is 2.77. The second kappa shape index (κ2) is 9.61. The van der Waals surface area contributed by atoms with E-state index in [1.165, 1.54) is 0 Å². The fourth-order valence-corrected chi connectivity index (χ4v) is 6.94. The lowest BCUT2D eigenvalue weighted by Gasteiger charge is -2.38. The van der Waals surface area contributed by atoms with Gasteiger partial charge >= 0.3 is 12.4 Å². The Morgan fingerprint density at radius 1 is 0.892 bits per heavy atom. The van der Waals surface area contributed by atoms with E-state index < -0.39 is 75.2 Å². The van der Waals surface area contributed by atoms with Crippen LogP contribution in [0.2, 0.25) is 0 Å². The van der Waals surface area contributed by atoms with Gasteiger partial charge in [0.25, 0.3) is 5.91 Å². The van der Waals surface area contributed by atoms with E-state index in [1.54, 1.807) is 6.92 Å². The largest absolute Gasteiger partial charge is 0.416 e. The number of hydrogen-bond acceptors (Lipinski definition) is 5. The number of alkyl halides is 6. The van der Waals surface area contributed by atoms with Gasteiger partial charge in [-0.2, -0.15) is 26.3 Å². The smallest absolute Gasteiger partial charge is 0.347 e. The van der Waals surface area contributed by atoms with Gasteiger partial charge in [-0.15, -0.1) is 0 Å². The van der Waals surface area contributed by atoms with Gasteiger partial charge in [-0.1, -0.05) is 6.07 Å². The van der Waals surface area contributed by atoms with Crippen LogP contribution in [0.4, 0.5) is 26.3 Å². The van der Waals surface area contributed by atoms with Crippen LogP contribution in [0.1, 0.15) is 54.1 Å². The molecule has 1 fully saturated rings. The number of amides is 1. The molecular formula is C23H23F6NO5S2. The van der Waals surface area contributed by atoms with Gasteiger partial charge < -0.3 is 5.32 Å². The van der Waals surface area contributed by atoms with Crippen LogP contribution < -0.4 is 5.32 Å². The molecule has 6 nitrogen and oxygen atoms in total. The summed E-state index contributed by atoms with van der Waals surface area (Å²) in [4.78, 5) is 11.6. The van der Waals surface area contributed by atoms with Crippen LogP contribution in [-0.4, -0.2) is 39.8 Å². The lowest BCUT2D eigenvalue weighted by molar-refractivity contribution is -0.138. The molecule has 0 atom stereocenters. The molecule has 0 bridgehead atoms. The van der Waals surface area contributed by atoms with E-state index in [2.05, 4.69) is 5.32 Å². The molecule has 14 heteroatoms.